The highest BCUT2D eigenvalue weighted by molar-refractivity contribution is 7.99. The van der Waals surface area contributed by atoms with Crippen LogP contribution in [-0.2, 0) is 0 Å². The lowest BCUT2D eigenvalue weighted by Crippen LogP contribution is -2.30. The van der Waals surface area contributed by atoms with Crippen molar-refractivity contribution in [1.82, 2.24) is 15.5 Å². The van der Waals surface area contributed by atoms with Gasteiger partial charge >= 0.3 is 0 Å². The predicted molar refractivity (Wildman–Crippen MR) is 70.3 cm³/mol. The fourth-order valence-electron chi connectivity index (χ4n) is 2.06. The molecule has 1 saturated heterocycles. The number of thioether (sulfide) groups is 1. The fraction of sp³-hybridized carbons (Fsp3) is 0.833. The van der Waals surface area contributed by atoms with Gasteiger partial charge in [0, 0.05) is 6.04 Å². The largest absolute Gasteiger partial charge is 0.339 e. The predicted octanol–water partition coefficient (Wildman–Crippen LogP) is 2.74. The highest BCUT2D eigenvalue weighted by Gasteiger charge is 2.25. The molecule has 1 aliphatic rings. The van der Waals surface area contributed by atoms with Gasteiger partial charge in [0.05, 0.1) is 11.2 Å². The van der Waals surface area contributed by atoms with Crippen LogP contribution in [-0.4, -0.2) is 28.5 Å². The highest BCUT2D eigenvalue weighted by Crippen LogP contribution is 2.38. The van der Waals surface area contributed by atoms with Crippen LogP contribution >= 0.6 is 11.8 Å². The third-order valence-corrected chi connectivity index (χ3v) is 4.71. The monoisotopic (exact) mass is 255 g/mol. The maximum atomic E-state index is 5.39. The Balaban J connectivity index is 2.01. The van der Waals surface area contributed by atoms with Crippen LogP contribution in [0, 0.1) is 0 Å². The normalized spacial score (nSPS) is 23.8. The molecule has 1 aromatic heterocycles. The third-order valence-electron chi connectivity index (χ3n) is 3.34. The summed E-state index contributed by atoms with van der Waals surface area (Å²) in [6.07, 6.45) is 2.45. The van der Waals surface area contributed by atoms with Crippen molar-refractivity contribution in [3.63, 3.8) is 0 Å². The molecule has 0 aromatic carbocycles. The average Bonchev–Trinajstić information content (AvgIpc) is 2.98. The minimum Gasteiger partial charge on any atom is -0.339 e. The molecule has 1 N–H and O–H groups in total. The molecule has 96 valence electrons. The van der Waals surface area contributed by atoms with Crippen LogP contribution in [0.3, 0.4) is 0 Å². The Hall–Kier alpha value is -0.550. The van der Waals surface area contributed by atoms with Crippen molar-refractivity contribution in [3.8, 4) is 0 Å². The second-order valence-corrected chi connectivity index (χ2v) is 5.94. The van der Waals surface area contributed by atoms with Gasteiger partial charge in [0.25, 0.3) is 0 Å². The molecule has 3 unspecified atom stereocenters. The minimum atomic E-state index is 0.266. The Morgan fingerprint density at radius 3 is 3.00 bits per heavy atom. The summed E-state index contributed by atoms with van der Waals surface area (Å²) in [6.45, 7) is 7.36. The Morgan fingerprint density at radius 1 is 1.53 bits per heavy atom. The molecule has 1 aliphatic heterocycles. The van der Waals surface area contributed by atoms with Crippen molar-refractivity contribution >= 4 is 11.8 Å². The van der Waals surface area contributed by atoms with Crippen LogP contribution in [0.15, 0.2) is 4.52 Å². The molecule has 1 fully saturated rings. The Kier molecular flexibility index (Phi) is 4.45. The van der Waals surface area contributed by atoms with Crippen molar-refractivity contribution in [2.75, 3.05) is 12.3 Å². The van der Waals surface area contributed by atoms with Crippen molar-refractivity contribution in [3.05, 3.63) is 11.7 Å². The number of aromatic nitrogens is 2. The molecular weight excluding hydrogens is 234 g/mol. The lowest BCUT2D eigenvalue weighted by molar-refractivity contribution is 0.329. The van der Waals surface area contributed by atoms with E-state index in [-0.39, 0.29) is 5.92 Å². The van der Waals surface area contributed by atoms with Gasteiger partial charge in [-0.2, -0.15) is 16.7 Å². The molecule has 0 aliphatic carbocycles. The highest BCUT2D eigenvalue weighted by atomic mass is 32.2. The van der Waals surface area contributed by atoms with E-state index in [2.05, 4.69) is 36.2 Å². The maximum absolute atomic E-state index is 5.39. The van der Waals surface area contributed by atoms with Crippen molar-refractivity contribution in [1.29, 1.82) is 0 Å². The smallest absolute Gasteiger partial charge is 0.231 e. The minimum absolute atomic E-state index is 0.266. The van der Waals surface area contributed by atoms with Crippen LogP contribution in [0.25, 0.3) is 0 Å². The second-order valence-electron chi connectivity index (χ2n) is 4.63. The number of likely N-dealkylation sites (N-methyl/N-ethyl adjacent to an activating group) is 1. The first kappa shape index (κ1) is 12.9. The first-order valence-electron chi connectivity index (χ1n) is 6.40. The summed E-state index contributed by atoms with van der Waals surface area (Å²) in [4.78, 5) is 4.56. The van der Waals surface area contributed by atoms with E-state index in [1.165, 1.54) is 18.6 Å². The second kappa shape index (κ2) is 5.87. The van der Waals surface area contributed by atoms with E-state index in [1.807, 2.05) is 11.8 Å². The summed E-state index contributed by atoms with van der Waals surface area (Å²) < 4.78 is 5.39. The van der Waals surface area contributed by atoms with E-state index in [0.29, 0.717) is 11.3 Å². The van der Waals surface area contributed by atoms with E-state index in [4.69, 9.17) is 4.52 Å². The number of hydrogen-bond donors (Lipinski definition) is 1. The van der Waals surface area contributed by atoms with E-state index in [9.17, 15) is 0 Å². The van der Waals surface area contributed by atoms with Crippen molar-refractivity contribution in [2.45, 2.75) is 50.8 Å². The Labute approximate surface area is 107 Å². The van der Waals surface area contributed by atoms with Gasteiger partial charge in [-0.3, -0.25) is 0 Å². The van der Waals surface area contributed by atoms with Gasteiger partial charge in [0.2, 0.25) is 5.89 Å². The molecule has 0 radical (unpaired) electrons. The summed E-state index contributed by atoms with van der Waals surface area (Å²) in [7, 11) is 0. The molecule has 3 atom stereocenters. The first-order valence-corrected chi connectivity index (χ1v) is 7.45. The third kappa shape index (κ3) is 3.01. The molecule has 0 spiro atoms. The van der Waals surface area contributed by atoms with Crippen LogP contribution < -0.4 is 5.32 Å². The zero-order chi connectivity index (χ0) is 12.3. The lowest BCUT2D eigenvalue weighted by atomic mass is 10.0. The summed E-state index contributed by atoms with van der Waals surface area (Å²) >= 11 is 1.94. The zero-order valence-electron chi connectivity index (χ0n) is 10.8. The van der Waals surface area contributed by atoms with Crippen LogP contribution in [0.1, 0.15) is 56.5 Å². The van der Waals surface area contributed by atoms with Crippen LogP contribution in [0.2, 0.25) is 0 Å². The molecule has 0 bridgehead atoms. The molecule has 0 saturated carbocycles. The van der Waals surface area contributed by atoms with E-state index in [0.717, 1.165) is 18.3 Å². The lowest BCUT2D eigenvalue weighted by Gasteiger charge is -2.16. The SMILES string of the molecule is CCNC(C)C(C)c1nc(C2CCCS2)no1. The maximum Gasteiger partial charge on any atom is 0.231 e. The molecule has 4 nitrogen and oxygen atoms in total. The molecule has 17 heavy (non-hydrogen) atoms. The van der Waals surface area contributed by atoms with Gasteiger partial charge in [0.15, 0.2) is 5.82 Å². The topological polar surface area (TPSA) is 51.0 Å². The number of nitrogens with one attached hydrogen (secondary N) is 1. The van der Waals surface area contributed by atoms with Gasteiger partial charge < -0.3 is 9.84 Å². The van der Waals surface area contributed by atoms with Gasteiger partial charge in [-0.25, -0.2) is 0 Å². The summed E-state index contributed by atoms with van der Waals surface area (Å²) in [5, 5.41) is 7.97. The van der Waals surface area contributed by atoms with E-state index in [1.54, 1.807) is 0 Å². The Bertz CT molecular complexity index is 349. The molecule has 5 heteroatoms. The van der Waals surface area contributed by atoms with Crippen LogP contribution in [0.4, 0.5) is 0 Å². The molecule has 0 amide bonds. The number of hydrogen-bond acceptors (Lipinski definition) is 5. The first-order chi connectivity index (χ1) is 8.22. The number of rotatable bonds is 5. The van der Waals surface area contributed by atoms with Gasteiger partial charge in [-0.15, -0.1) is 0 Å². The van der Waals surface area contributed by atoms with Gasteiger partial charge in [0.1, 0.15) is 0 Å². The van der Waals surface area contributed by atoms with E-state index >= 15 is 0 Å². The average molecular weight is 255 g/mol. The molecule has 2 heterocycles. The van der Waals surface area contributed by atoms with Gasteiger partial charge in [-0.1, -0.05) is 19.0 Å². The Morgan fingerprint density at radius 2 is 2.35 bits per heavy atom. The standard InChI is InChI=1S/C12H21N3OS/c1-4-13-9(3)8(2)12-14-11(15-16-12)10-6-5-7-17-10/h8-10,13H,4-7H2,1-3H3. The molecular formula is C12H21N3OS. The fourth-order valence-corrected chi connectivity index (χ4v) is 3.25. The van der Waals surface area contributed by atoms with Crippen LogP contribution in [0.5, 0.6) is 0 Å². The summed E-state index contributed by atoms with van der Waals surface area (Å²) in [6, 6.07) is 0.365. The quantitative estimate of drug-likeness (QED) is 0.876. The van der Waals surface area contributed by atoms with E-state index < -0.39 is 0 Å². The van der Waals surface area contributed by atoms with Gasteiger partial charge in [-0.05, 0) is 32.1 Å². The molecule has 1 aromatic rings. The molecule has 2 rings (SSSR count). The zero-order valence-corrected chi connectivity index (χ0v) is 11.6. The summed E-state index contributed by atoms with van der Waals surface area (Å²) in [5.41, 5.74) is 0. The summed E-state index contributed by atoms with van der Waals surface area (Å²) in [5.74, 6) is 3.14. The van der Waals surface area contributed by atoms with Crippen molar-refractivity contribution < 1.29 is 4.52 Å². The number of nitrogens with zero attached hydrogens (tertiary/aromatic N) is 2. The van der Waals surface area contributed by atoms with Crippen molar-refractivity contribution in [2.24, 2.45) is 0 Å².